The predicted molar refractivity (Wildman–Crippen MR) is 239 cm³/mol. The molecule has 9 heteroatoms. The summed E-state index contributed by atoms with van der Waals surface area (Å²) in [4.78, 5) is 15.7. The molecule has 0 radical (unpaired) electrons. The van der Waals surface area contributed by atoms with Crippen LogP contribution < -0.4 is 14.4 Å². The van der Waals surface area contributed by atoms with Gasteiger partial charge in [-0.1, -0.05) is 133 Å². The Kier molecular flexibility index (Phi) is 14.1. The molecular weight excluding hydrogens is 779 g/mol. The van der Waals surface area contributed by atoms with Gasteiger partial charge in [-0.2, -0.15) is 0 Å². The molecule has 62 heavy (non-hydrogen) atoms. The highest BCUT2D eigenvalue weighted by Crippen LogP contribution is 2.46. The lowest BCUT2D eigenvalue weighted by Crippen LogP contribution is -2.66. The third kappa shape index (κ3) is 10.4. The second-order valence-corrected chi connectivity index (χ2v) is 16.2. The number of β-lactam (4-membered cyclic amide) rings is 1. The minimum atomic E-state index is -1.75. The average molecular weight is 834 g/mol. The smallest absolute Gasteiger partial charge is 0.233 e. The summed E-state index contributed by atoms with van der Waals surface area (Å²) in [5.41, 5.74) is 6.04. The van der Waals surface area contributed by atoms with Gasteiger partial charge in [0.2, 0.25) is 5.91 Å². The number of rotatable bonds is 19. The second-order valence-electron chi connectivity index (χ2n) is 16.2. The fraction of sp³-hybridized carbons (Fsp3) is 0.302. The first-order valence-electron chi connectivity index (χ1n) is 21.5. The summed E-state index contributed by atoms with van der Waals surface area (Å²) in [6, 6.07) is 55.5. The molecule has 0 saturated carbocycles. The van der Waals surface area contributed by atoms with Gasteiger partial charge in [0, 0.05) is 5.69 Å². The average Bonchev–Trinajstić information content (AvgIpc) is 3.31. The summed E-state index contributed by atoms with van der Waals surface area (Å²) in [5.74, 6) is -0.438. The van der Waals surface area contributed by atoms with Crippen molar-refractivity contribution in [2.75, 3.05) is 18.6 Å². The number of amides is 1. The molecule has 2 fully saturated rings. The fourth-order valence-corrected chi connectivity index (χ4v) is 8.54. The molecule has 1 N–H and O–H groups in total. The molecule has 6 aromatic carbocycles. The van der Waals surface area contributed by atoms with E-state index in [9.17, 15) is 9.90 Å². The molecule has 2 aliphatic heterocycles. The number of aliphatic hydroxyl groups is 1. The highest BCUT2D eigenvalue weighted by Gasteiger charge is 2.54. The van der Waals surface area contributed by atoms with Gasteiger partial charge in [-0.3, -0.25) is 4.79 Å². The van der Waals surface area contributed by atoms with Crippen molar-refractivity contribution < 1.29 is 38.3 Å². The number of carbonyl (C=O) groups is 1. The quantitative estimate of drug-likeness (QED) is 0.0807. The molecule has 9 nitrogen and oxygen atoms in total. The largest absolute Gasteiger partial charge is 0.497 e. The van der Waals surface area contributed by atoms with E-state index >= 15 is 0 Å². The number of benzene rings is 6. The van der Waals surface area contributed by atoms with Crippen LogP contribution in [0.3, 0.4) is 0 Å². The lowest BCUT2D eigenvalue weighted by Gasteiger charge is -2.49. The van der Waals surface area contributed by atoms with Crippen LogP contribution in [0.5, 0.6) is 11.5 Å². The van der Waals surface area contributed by atoms with E-state index in [0.29, 0.717) is 5.75 Å². The number of nitrogens with zero attached hydrogens (tertiary/aromatic N) is 1. The Bertz CT molecular complexity index is 2270. The predicted octanol–water partition coefficient (Wildman–Crippen LogP) is 9.66. The summed E-state index contributed by atoms with van der Waals surface area (Å²) >= 11 is 0. The minimum absolute atomic E-state index is 0.0630. The number of hydrogen-bond donors (Lipinski definition) is 1. The van der Waals surface area contributed by atoms with Crippen LogP contribution in [0.25, 0.3) is 0 Å². The van der Waals surface area contributed by atoms with Gasteiger partial charge in [-0.15, -0.1) is 0 Å². The maximum atomic E-state index is 13.8. The highest BCUT2D eigenvalue weighted by molar-refractivity contribution is 6.03. The topological polar surface area (TPSA) is 95.9 Å². The van der Waals surface area contributed by atoms with Crippen molar-refractivity contribution in [2.24, 2.45) is 5.92 Å². The third-order valence-corrected chi connectivity index (χ3v) is 11.8. The number of hydrogen-bond acceptors (Lipinski definition) is 8. The summed E-state index contributed by atoms with van der Waals surface area (Å²) in [6.07, 6.45) is -0.470. The SMILES string of the molecule is COc1ccc(N2C(=O)[C@H](CCCc3ccccc3)[C@H]2c2ccc(OC[C@H]3O[C@](C)(O)[C@H](OCc4ccccc4)[C@@H](OCc4ccccc4)[C@@H]3OCc3ccccc3)cc2)cc1. The van der Waals surface area contributed by atoms with E-state index in [0.717, 1.165) is 53.0 Å². The van der Waals surface area contributed by atoms with Crippen LogP contribution in [0.2, 0.25) is 0 Å². The van der Waals surface area contributed by atoms with Crippen molar-refractivity contribution in [3.05, 3.63) is 198 Å². The number of methoxy groups -OCH3 is 1. The molecule has 0 aromatic heterocycles. The van der Waals surface area contributed by atoms with Gasteiger partial charge >= 0.3 is 0 Å². The Morgan fingerprint density at radius 1 is 0.613 bits per heavy atom. The van der Waals surface area contributed by atoms with Crippen molar-refractivity contribution in [2.45, 2.75) is 82.3 Å². The van der Waals surface area contributed by atoms with Gasteiger partial charge in [-0.05, 0) is 90.4 Å². The molecular formula is C53H55NO8. The number of anilines is 1. The molecule has 6 aromatic rings. The first-order chi connectivity index (χ1) is 30.4. The van der Waals surface area contributed by atoms with Crippen molar-refractivity contribution in [3.63, 3.8) is 0 Å². The Labute approximate surface area is 364 Å². The van der Waals surface area contributed by atoms with E-state index in [4.69, 9.17) is 28.4 Å². The van der Waals surface area contributed by atoms with Crippen LogP contribution in [0.15, 0.2) is 170 Å². The maximum absolute atomic E-state index is 13.8. The summed E-state index contributed by atoms with van der Waals surface area (Å²) in [7, 11) is 1.64. The molecule has 0 unspecified atom stereocenters. The fourth-order valence-electron chi connectivity index (χ4n) is 8.54. The summed E-state index contributed by atoms with van der Waals surface area (Å²) in [5, 5.41) is 12.0. The van der Waals surface area contributed by atoms with Gasteiger partial charge in [0.05, 0.1) is 38.9 Å². The first-order valence-corrected chi connectivity index (χ1v) is 21.5. The van der Waals surface area contributed by atoms with Crippen LogP contribution in [-0.2, 0) is 50.0 Å². The Morgan fingerprint density at radius 3 is 1.66 bits per heavy atom. The van der Waals surface area contributed by atoms with Crippen LogP contribution in [0.4, 0.5) is 5.69 Å². The van der Waals surface area contributed by atoms with E-state index in [1.807, 2.05) is 150 Å². The molecule has 7 atom stereocenters. The van der Waals surface area contributed by atoms with Crippen LogP contribution in [-0.4, -0.2) is 54.9 Å². The lowest BCUT2D eigenvalue weighted by atomic mass is 9.78. The standard InChI is InChI=1S/C53H55NO8/c1-53(56)51(61-36-41-22-13-6-14-23-41)50(60-35-40-20-11-5-12-21-40)49(59-34-39-18-9-4-10-19-39)47(62-53)37-58-45-30-26-42(27-31-45)48-46(25-15-24-38-16-7-3-8-17-38)52(55)54(48)43-28-32-44(57-2)33-29-43/h3-14,16-23,26-33,46-51,56H,15,24-25,34-37H2,1-2H3/t46-,47-,48-,49-,50+,51-,53+/m1/s1. The first kappa shape index (κ1) is 42.9. The highest BCUT2D eigenvalue weighted by atomic mass is 16.7. The van der Waals surface area contributed by atoms with Gasteiger partial charge in [-0.25, -0.2) is 0 Å². The van der Waals surface area contributed by atoms with Crippen molar-refractivity contribution in [1.29, 1.82) is 0 Å². The lowest BCUT2D eigenvalue weighted by molar-refractivity contribution is -0.361. The zero-order valence-corrected chi connectivity index (χ0v) is 35.3. The molecule has 0 bridgehead atoms. The molecule has 0 spiro atoms. The van der Waals surface area contributed by atoms with E-state index in [-0.39, 0.29) is 44.3 Å². The van der Waals surface area contributed by atoms with Gasteiger partial charge in [0.1, 0.15) is 42.5 Å². The van der Waals surface area contributed by atoms with Gasteiger partial charge in [0.15, 0.2) is 5.79 Å². The van der Waals surface area contributed by atoms with Crippen molar-refractivity contribution in [3.8, 4) is 11.5 Å². The second kappa shape index (κ2) is 20.4. The number of carbonyl (C=O) groups excluding carboxylic acids is 1. The monoisotopic (exact) mass is 833 g/mol. The Balaban J connectivity index is 1.02. The molecule has 8 rings (SSSR count). The molecule has 2 saturated heterocycles. The van der Waals surface area contributed by atoms with E-state index in [2.05, 4.69) is 24.3 Å². The van der Waals surface area contributed by atoms with Crippen molar-refractivity contribution in [1.82, 2.24) is 0 Å². The maximum Gasteiger partial charge on any atom is 0.233 e. The zero-order chi connectivity index (χ0) is 42.7. The normalized spacial score (nSPS) is 23.4. The molecule has 2 aliphatic rings. The number of ether oxygens (including phenoxy) is 6. The van der Waals surface area contributed by atoms with Crippen LogP contribution in [0, 0.1) is 5.92 Å². The van der Waals surface area contributed by atoms with Crippen molar-refractivity contribution >= 4 is 11.6 Å². The van der Waals surface area contributed by atoms with Crippen LogP contribution in [0.1, 0.15) is 53.6 Å². The molecule has 2 heterocycles. The van der Waals surface area contributed by atoms with Crippen LogP contribution >= 0.6 is 0 Å². The molecule has 1 amide bonds. The summed E-state index contributed by atoms with van der Waals surface area (Å²) in [6.45, 7) is 2.48. The Morgan fingerprint density at radius 2 is 1.11 bits per heavy atom. The number of aryl methyl sites for hydroxylation is 1. The third-order valence-electron chi connectivity index (χ3n) is 11.8. The zero-order valence-electron chi connectivity index (χ0n) is 35.3. The van der Waals surface area contributed by atoms with E-state index < -0.39 is 30.2 Å². The van der Waals surface area contributed by atoms with Gasteiger partial charge in [0.25, 0.3) is 0 Å². The van der Waals surface area contributed by atoms with Gasteiger partial charge < -0.3 is 38.4 Å². The molecule has 320 valence electrons. The van der Waals surface area contributed by atoms with E-state index in [1.54, 1.807) is 14.0 Å². The van der Waals surface area contributed by atoms with E-state index in [1.165, 1.54) is 5.56 Å². The molecule has 0 aliphatic carbocycles. The minimum Gasteiger partial charge on any atom is -0.497 e. The Hall–Kier alpha value is -5.81. The summed E-state index contributed by atoms with van der Waals surface area (Å²) < 4.78 is 38.3.